The van der Waals surface area contributed by atoms with Gasteiger partial charge in [0.2, 0.25) is 5.91 Å². The Kier molecular flexibility index (Phi) is 7.32. The quantitative estimate of drug-likeness (QED) is 0.451. The van der Waals surface area contributed by atoms with Gasteiger partial charge in [-0.1, -0.05) is 6.07 Å². The van der Waals surface area contributed by atoms with Crippen LogP contribution in [0.4, 0.5) is 13.2 Å². The van der Waals surface area contributed by atoms with Crippen LogP contribution >= 0.6 is 0 Å². The molecule has 0 unspecified atom stereocenters. The number of rotatable bonds is 9. The lowest BCUT2D eigenvalue weighted by Gasteiger charge is -2.07. The van der Waals surface area contributed by atoms with E-state index in [9.17, 15) is 22.8 Å². The summed E-state index contributed by atoms with van der Waals surface area (Å²) in [5, 5.41) is 18.0. The summed E-state index contributed by atoms with van der Waals surface area (Å²) >= 11 is 0. The molecule has 0 saturated carbocycles. The largest absolute Gasteiger partial charge is 0.389 e. The summed E-state index contributed by atoms with van der Waals surface area (Å²) in [4.78, 5) is 31.5. The number of benzene rings is 1. The fraction of sp³-hybridized carbons (Fsp3) is 0.381. The molecule has 0 radical (unpaired) electrons. The highest BCUT2D eigenvalue weighted by molar-refractivity contribution is 5.95. The second kappa shape index (κ2) is 10.2. The van der Waals surface area contributed by atoms with Crippen LogP contribution < -0.4 is 10.6 Å². The van der Waals surface area contributed by atoms with Crippen molar-refractivity contribution >= 4 is 22.8 Å². The fourth-order valence-corrected chi connectivity index (χ4v) is 3.16. The lowest BCUT2D eigenvalue weighted by molar-refractivity contribution is -0.144. The number of carbonyl (C=O) groups is 2. The zero-order valence-corrected chi connectivity index (χ0v) is 17.8. The summed E-state index contributed by atoms with van der Waals surface area (Å²) in [7, 11) is 0. The smallest absolute Gasteiger partial charge is 0.352 e. The van der Waals surface area contributed by atoms with Gasteiger partial charge >= 0.3 is 6.18 Å². The van der Waals surface area contributed by atoms with Crippen molar-refractivity contribution in [3.8, 4) is 6.07 Å². The third-order valence-corrected chi connectivity index (χ3v) is 4.92. The van der Waals surface area contributed by atoms with E-state index in [0.717, 1.165) is 0 Å². The Balaban J connectivity index is 1.56. The predicted octanol–water partition coefficient (Wildman–Crippen LogP) is 2.87. The van der Waals surface area contributed by atoms with Crippen molar-refractivity contribution in [1.82, 2.24) is 30.4 Å². The molecule has 0 atom stereocenters. The van der Waals surface area contributed by atoms with Crippen molar-refractivity contribution in [3.63, 3.8) is 0 Å². The summed E-state index contributed by atoms with van der Waals surface area (Å²) in [6.45, 7) is 2.39. The highest BCUT2D eigenvalue weighted by atomic mass is 19.4. The van der Waals surface area contributed by atoms with Crippen molar-refractivity contribution < 1.29 is 22.8 Å². The molecule has 3 N–H and O–H groups in total. The molecule has 0 spiro atoms. The van der Waals surface area contributed by atoms with Crippen molar-refractivity contribution in [3.05, 3.63) is 47.0 Å². The van der Waals surface area contributed by atoms with Crippen molar-refractivity contribution in [2.24, 2.45) is 0 Å². The third kappa shape index (κ3) is 6.55. The van der Waals surface area contributed by atoms with Gasteiger partial charge in [-0.3, -0.25) is 14.3 Å². The summed E-state index contributed by atoms with van der Waals surface area (Å²) < 4.78 is 38.2. The van der Waals surface area contributed by atoms with Crippen LogP contribution in [0.25, 0.3) is 11.0 Å². The van der Waals surface area contributed by atoms with E-state index in [2.05, 4.69) is 25.7 Å². The number of nitriles is 1. The zero-order valence-electron chi connectivity index (χ0n) is 17.8. The number of imidazole rings is 1. The van der Waals surface area contributed by atoms with Gasteiger partial charge in [0.1, 0.15) is 5.82 Å². The van der Waals surface area contributed by atoms with Crippen LogP contribution in [0.2, 0.25) is 0 Å². The Hall–Kier alpha value is -3.88. The number of H-pyrrole nitrogens is 1. The van der Waals surface area contributed by atoms with Crippen molar-refractivity contribution in [1.29, 1.82) is 5.26 Å². The van der Waals surface area contributed by atoms with E-state index in [0.29, 0.717) is 46.6 Å². The van der Waals surface area contributed by atoms with Crippen LogP contribution in [-0.2, 0) is 24.4 Å². The number of carbonyl (C=O) groups excluding carboxylic acids is 2. The number of halogens is 3. The highest BCUT2D eigenvalue weighted by Crippen LogP contribution is 2.21. The molecule has 3 rings (SSSR count). The molecule has 1 aromatic carbocycles. The van der Waals surface area contributed by atoms with Crippen molar-refractivity contribution in [2.45, 2.75) is 52.0 Å². The molecule has 0 bridgehead atoms. The maximum atomic E-state index is 12.5. The first-order chi connectivity index (χ1) is 15.7. The van der Waals surface area contributed by atoms with Gasteiger partial charge in [0.15, 0.2) is 0 Å². The minimum Gasteiger partial charge on any atom is -0.352 e. The molecule has 0 aliphatic heterocycles. The first-order valence-electron chi connectivity index (χ1n) is 10.1. The van der Waals surface area contributed by atoms with Crippen molar-refractivity contribution in [2.75, 3.05) is 0 Å². The molecule has 12 heteroatoms. The van der Waals surface area contributed by atoms with Crippen LogP contribution in [-0.4, -0.2) is 37.7 Å². The van der Waals surface area contributed by atoms with E-state index in [4.69, 9.17) is 5.26 Å². The number of nitrogens with zero attached hydrogens (tertiary/aromatic N) is 4. The van der Waals surface area contributed by atoms with E-state index in [-0.39, 0.29) is 19.0 Å². The molecule has 0 saturated heterocycles. The van der Waals surface area contributed by atoms with E-state index >= 15 is 0 Å². The normalized spacial score (nSPS) is 11.4. The first-order valence-corrected chi connectivity index (χ1v) is 10.1. The van der Waals surface area contributed by atoms with Gasteiger partial charge in [0, 0.05) is 18.7 Å². The lowest BCUT2D eigenvalue weighted by Crippen LogP contribution is -2.24. The Labute approximate surface area is 187 Å². The van der Waals surface area contributed by atoms with Gasteiger partial charge in [0.05, 0.1) is 54.8 Å². The molecule has 2 amide bonds. The standard InChI is InChI=1S/C21H22F3N7O2/c1-13-15(11-28-31(13)8-2-7-25)20(33)27-12-18-29-16-4-3-14(9-17(16)30-18)10-26-19(32)5-6-21(22,23)24/h3-4,9,11H,2,5-6,8,10,12H2,1H3,(H,26,32)(H,27,33)(H,29,30). The molecule has 3 aromatic rings. The van der Waals surface area contributed by atoms with Crippen LogP contribution in [0.3, 0.4) is 0 Å². The molecule has 0 fully saturated rings. The minimum atomic E-state index is -4.37. The Morgan fingerprint density at radius 3 is 2.76 bits per heavy atom. The molecule has 0 aliphatic rings. The number of nitrogens with one attached hydrogen (secondary N) is 3. The third-order valence-electron chi connectivity index (χ3n) is 4.92. The molecule has 2 heterocycles. The van der Waals surface area contributed by atoms with Gasteiger partial charge < -0.3 is 15.6 Å². The van der Waals surface area contributed by atoms with Crippen LogP contribution in [0.1, 0.15) is 46.7 Å². The van der Waals surface area contributed by atoms with Gasteiger partial charge in [-0.15, -0.1) is 0 Å². The average molecular weight is 461 g/mol. The molecule has 33 heavy (non-hydrogen) atoms. The Morgan fingerprint density at radius 2 is 2.03 bits per heavy atom. The lowest BCUT2D eigenvalue weighted by atomic mass is 10.2. The monoisotopic (exact) mass is 461 g/mol. The van der Waals surface area contributed by atoms with Crippen LogP contribution in [0.5, 0.6) is 0 Å². The molecule has 0 aliphatic carbocycles. The fourth-order valence-electron chi connectivity index (χ4n) is 3.16. The zero-order chi connectivity index (χ0) is 24.0. The number of hydrogen-bond acceptors (Lipinski definition) is 5. The Morgan fingerprint density at radius 1 is 1.24 bits per heavy atom. The first kappa shape index (κ1) is 23.8. The molecule has 9 nitrogen and oxygen atoms in total. The molecule has 2 aromatic heterocycles. The van der Waals surface area contributed by atoms with E-state index < -0.39 is 24.9 Å². The number of fused-ring (bicyclic) bond motifs is 1. The average Bonchev–Trinajstić information content (AvgIpc) is 3.35. The molecule has 174 valence electrons. The minimum absolute atomic E-state index is 0.0901. The van der Waals surface area contributed by atoms with Gasteiger partial charge in [-0.25, -0.2) is 4.98 Å². The van der Waals surface area contributed by atoms with E-state index in [1.807, 2.05) is 6.07 Å². The van der Waals surface area contributed by atoms with Gasteiger partial charge in [0.25, 0.3) is 5.91 Å². The number of amides is 2. The summed E-state index contributed by atoms with van der Waals surface area (Å²) in [6.07, 6.45) is -4.39. The summed E-state index contributed by atoms with van der Waals surface area (Å²) in [5.74, 6) is -0.482. The summed E-state index contributed by atoms with van der Waals surface area (Å²) in [6, 6.07) is 7.21. The molecular formula is C21H22F3N7O2. The topological polar surface area (TPSA) is 128 Å². The SMILES string of the molecule is Cc1c(C(=O)NCc2nc3ccc(CNC(=O)CCC(F)(F)F)cc3[nH]2)cnn1CCC#N. The molecular weight excluding hydrogens is 439 g/mol. The number of alkyl halides is 3. The summed E-state index contributed by atoms with van der Waals surface area (Å²) in [5.41, 5.74) is 3.08. The number of aromatic nitrogens is 4. The van der Waals surface area contributed by atoms with Crippen LogP contribution in [0, 0.1) is 18.3 Å². The highest BCUT2D eigenvalue weighted by Gasteiger charge is 2.27. The maximum Gasteiger partial charge on any atom is 0.389 e. The van der Waals surface area contributed by atoms with Crippen LogP contribution in [0.15, 0.2) is 24.4 Å². The van der Waals surface area contributed by atoms with E-state index in [1.54, 1.807) is 29.8 Å². The Bertz CT molecular complexity index is 1190. The maximum absolute atomic E-state index is 12.5. The number of hydrogen-bond donors (Lipinski definition) is 3. The second-order valence-corrected chi connectivity index (χ2v) is 7.38. The second-order valence-electron chi connectivity index (χ2n) is 7.38. The van der Waals surface area contributed by atoms with Gasteiger partial charge in [-0.05, 0) is 24.6 Å². The predicted molar refractivity (Wildman–Crippen MR) is 112 cm³/mol. The number of aromatic amines is 1. The number of aryl methyl sites for hydroxylation is 1. The van der Waals surface area contributed by atoms with E-state index in [1.165, 1.54) is 6.20 Å². The van der Waals surface area contributed by atoms with Gasteiger partial charge in [-0.2, -0.15) is 23.5 Å².